The molecule has 8 nitrogen and oxygen atoms in total. The molecule has 8 heteroatoms. The summed E-state index contributed by atoms with van der Waals surface area (Å²) in [5, 5.41) is 15.7. The van der Waals surface area contributed by atoms with Gasteiger partial charge in [-0.3, -0.25) is 9.79 Å². The zero-order chi connectivity index (χ0) is 21.3. The van der Waals surface area contributed by atoms with E-state index in [0.717, 1.165) is 82.4 Å². The van der Waals surface area contributed by atoms with Gasteiger partial charge < -0.3 is 20.1 Å². The SMILES string of the molecule is CCNC(=NCCCc1nnc2n1CCCCC2)NC1CCN(C(=O)C(C)C)CC1. The molecule has 168 valence electrons. The van der Waals surface area contributed by atoms with Crippen LogP contribution in [0.3, 0.4) is 0 Å². The van der Waals surface area contributed by atoms with Crippen LogP contribution in [0.4, 0.5) is 0 Å². The first kappa shape index (κ1) is 22.6. The van der Waals surface area contributed by atoms with Crippen LogP contribution in [0.1, 0.15) is 70.9 Å². The van der Waals surface area contributed by atoms with Crippen molar-refractivity contribution in [3.63, 3.8) is 0 Å². The summed E-state index contributed by atoms with van der Waals surface area (Å²) in [5.74, 6) is 3.49. The summed E-state index contributed by atoms with van der Waals surface area (Å²) >= 11 is 0. The second kappa shape index (κ2) is 11.3. The number of likely N-dealkylation sites (tertiary alicyclic amines) is 1. The van der Waals surface area contributed by atoms with Crippen LogP contribution in [-0.2, 0) is 24.2 Å². The first-order chi connectivity index (χ1) is 14.6. The van der Waals surface area contributed by atoms with E-state index < -0.39 is 0 Å². The van der Waals surface area contributed by atoms with E-state index in [2.05, 4.69) is 32.3 Å². The number of hydrogen-bond acceptors (Lipinski definition) is 4. The van der Waals surface area contributed by atoms with Gasteiger partial charge in [0.25, 0.3) is 0 Å². The maximum absolute atomic E-state index is 12.2. The van der Waals surface area contributed by atoms with Crippen LogP contribution in [-0.4, -0.2) is 63.8 Å². The van der Waals surface area contributed by atoms with E-state index in [1.165, 1.54) is 19.3 Å². The highest BCUT2D eigenvalue weighted by molar-refractivity contribution is 5.80. The van der Waals surface area contributed by atoms with Gasteiger partial charge in [-0.25, -0.2) is 0 Å². The monoisotopic (exact) mass is 417 g/mol. The fourth-order valence-electron chi connectivity index (χ4n) is 4.28. The van der Waals surface area contributed by atoms with Gasteiger partial charge >= 0.3 is 0 Å². The van der Waals surface area contributed by atoms with Crippen LogP contribution in [0.15, 0.2) is 4.99 Å². The topological polar surface area (TPSA) is 87.4 Å². The molecule has 0 spiro atoms. The number of rotatable bonds is 7. The fourth-order valence-corrected chi connectivity index (χ4v) is 4.28. The average Bonchev–Trinajstić information content (AvgIpc) is 2.97. The van der Waals surface area contributed by atoms with Crippen LogP contribution >= 0.6 is 0 Å². The van der Waals surface area contributed by atoms with Gasteiger partial charge in [0.05, 0.1) is 0 Å². The molecule has 0 aliphatic carbocycles. The molecule has 2 aliphatic rings. The minimum absolute atomic E-state index is 0.0775. The third-order valence-electron chi connectivity index (χ3n) is 6.00. The van der Waals surface area contributed by atoms with Crippen molar-refractivity contribution in [2.45, 2.75) is 84.7 Å². The predicted molar refractivity (Wildman–Crippen MR) is 119 cm³/mol. The Labute approximate surface area is 180 Å². The normalized spacial score (nSPS) is 18.3. The van der Waals surface area contributed by atoms with E-state index in [0.29, 0.717) is 6.04 Å². The maximum Gasteiger partial charge on any atom is 0.225 e. The van der Waals surface area contributed by atoms with Crippen molar-refractivity contribution < 1.29 is 4.79 Å². The molecule has 3 heterocycles. The molecular weight excluding hydrogens is 378 g/mol. The Morgan fingerprint density at radius 3 is 2.70 bits per heavy atom. The lowest BCUT2D eigenvalue weighted by atomic mass is 10.0. The zero-order valence-corrected chi connectivity index (χ0v) is 19.0. The van der Waals surface area contributed by atoms with Crippen molar-refractivity contribution in [3.8, 4) is 0 Å². The Kier molecular flexibility index (Phi) is 8.51. The zero-order valence-electron chi connectivity index (χ0n) is 19.0. The lowest BCUT2D eigenvalue weighted by molar-refractivity contribution is -0.135. The van der Waals surface area contributed by atoms with Crippen LogP contribution in [0.5, 0.6) is 0 Å². The average molecular weight is 418 g/mol. The van der Waals surface area contributed by atoms with Crippen molar-refractivity contribution in [1.29, 1.82) is 0 Å². The molecule has 1 aromatic heterocycles. The molecule has 2 N–H and O–H groups in total. The van der Waals surface area contributed by atoms with Gasteiger partial charge in [0.15, 0.2) is 5.96 Å². The molecule has 0 bridgehead atoms. The highest BCUT2D eigenvalue weighted by Gasteiger charge is 2.24. The molecule has 1 fully saturated rings. The number of carbonyl (C=O) groups is 1. The Morgan fingerprint density at radius 2 is 1.97 bits per heavy atom. The quantitative estimate of drug-likeness (QED) is 0.403. The number of guanidine groups is 1. The number of hydrogen-bond donors (Lipinski definition) is 2. The Balaban J connectivity index is 1.45. The highest BCUT2D eigenvalue weighted by atomic mass is 16.2. The lowest BCUT2D eigenvalue weighted by Gasteiger charge is -2.34. The van der Waals surface area contributed by atoms with Gasteiger partial charge in [-0.2, -0.15) is 0 Å². The molecule has 1 amide bonds. The van der Waals surface area contributed by atoms with E-state index in [1.807, 2.05) is 18.7 Å². The first-order valence-electron chi connectivity index (χ1n) is 11.8. The van der Waals surface area contributed by atoms with E-state index in [-0.39, 0.29) is 11.8 Å². The van der Waals surface area contributed by atoms with Crippen LogP contribution in [0.2, 0.25) is 0 Å². The van der Waals surface area contributed by atoms with Gasteiger partial charge in [-0.1, -0.05) is 20.3 Å². The van der Waals surface area contributed by atoms with Crippen molar-refractivity contribution in [1.82, 2.24) is 30.3 Å². The van der Waals surface area contributed by atoms with Gasteiger partial charge in [-0.15, -0.1) is 10.2 Å². The summed E-state index contributed by atoms with van der Waals surface area (Å²) < 4.78 is 2.33. The van der Waals surface area contributed by atoms with Gasteiger partial charge in [-0.05, 0) is 39.0 Å². The number of piperidine rings is 1. The molecular formula is C22H39N7O. The third kappa shape index (κ3) is 6.19. The molecule has 3 rings (SSSR count). The summed E-state index contributed by atoms with van der Waals surface area (Å²) in [5.41, 5.74) is 0. The standard InChI is InChI=1S/C22H39N7O/c1-4-23-22(25-18-11-15-28(16-12-18)21(30)17(2)3)24-13-8-10-20-27-26-19-9-6-5-7-14-29(19)20/h17-18H,4-16H2,1-3H3,(H2,23,24,25). The largest absolute Gasteiger partial charge is 0.357 e. The number of carbonyl (C=O) groups excluding carboxylic acids is 1. The number of aryl methyl sites for hydroxylation is 2. The summed E-state index contributed by atoms with van der Waals surface area (Å²) in [4.78, 5) is 18.9. The minimum Gasteiger partial charge on any atom is -0.357 e. The predicted octanol–water partition coefficient (Wildman–Crippen LogP) is 2.14. The lowest BCUT2D eigenvalue weighted by Crippen LogP contribution is -2.50. The van der Waals surface area contributed by atoms with Crippen LogP contribution in [0, 0.1) is 5.92 Å². The molecule has 0 atom stereocenters. The molecule has 1 saturated heterocycles. The van der Waals surface area contributed by atoms with E-state index in [1.54, 1.807) is 0 Å². The van der Waals surface area contributed by atoms with Crippen molar-refractivity contribution in [2.75, 3.05) is 26.2 Å². The highest BCUT2D eigenvalue weighted by Crippen LogP contribution is 2.15. The summed E-state index contributed by atoms with van der Waals surface area (Å²) in [6, 6.07) is 0.367. The Hall–Kier alpha value is -2.12. The van der Waals surface area contributed by atoms with Gasteiger partial charge in [0.1, 0.15) is 11.6 Å². The Morgan fingerprint density at radius 1 is 1.17 bits per heavy atom. The second-order valence-electron chi connectivity index (χ2n) is 8.76. The minimum atomic E-state index is 0.0775. The summed E-state index contributed by atoms with van der Waals surface area (Å²) in [7, 11) is 0. The third-order valence-corrected chi connectivity index (χ3v) is 6.00. The molecule has 1 aromatic rings. The van der Waals surface area contributed by atoms with Crippen molar-refractivity contribution in [3.05, 3.63) is 11.6 Å². The summed E-state index contributed by atoms with van der Waals surface area (Å²) in [6.07, 6.45) is 8.62. The fraction of sp³-hybridized carbons (Fsp3) is 0.818. The van der Waals surface area contributed by atoms with Gasteiger partial charge in [0.2, 0.25) is 5.91 Å². The number of aliphatic imine (C=N–C) groups is 1. The smallest absolute Gasteiger partial charge is 0.225 e. The van der Waals surface area contributed by atoms with Crippen molar-refractivity contribution in [2.24, 2.45) is 10.9 Å². The number of aromatic nitrogens is 3. The molecule has 0 unspecified atom stereocenters. The molecule has 30 heavy (non-hydrogen) atoms. The first-order valence-corrected chi connectivity index (χ1v) is 11.8. The number of nitrogens with one attached hydrogen (secondary N) is 2. The molecule has 2 aliphatic heterocycles. The molecule has 0 radical (unpaired) electrons. The van der Waals surface area contributed by atoms with Crippen LogP contribution < -0.4 is 10.6 Å². The molecule has 0 aromatic carbocycles. The number of fused-ring (bicyclic) bond motifs is 1. The van der Waals surface area contributed by atoms with E-state index >= 15 is 0 Å². The van der Waals surface area contributed by atoms with Gasteiger partial charge in [0, 0.05) is 57.5 Å². The maximum atomic E-state index is 12.2. The number of nitrogens with zero attached hydrogens (tertiary/aromatic N) is 5. The van der Waals surface area contributed by atoms with Crippen molar-refractivity contribution >= 4 is 11.9 Å². The number of amides is 1. The summed E-state index contributed by atoms with van der Waals surface area (Å²) in [6.45, 7) is 10.4. The Bertz CT molecular complexity index is 704. The van der Waals surface area contributed by atoms with E-state index in [9.17, 15) is 4.79 Å². The van der Waals surface area contributed by atoms with Crippen LogP contribution in [0.25, 0.3) is 0 Å². The molecule has 0 saturated carbocycles. The van der Waals surface area contributed by atoms with E-state index in [4.69, 9.17) is 4.99 Å². The second-order valence-corrected chi connectivity index (χ2v) is 8.76.